The number of carbonyl (C=O) groups is 2. The van der Waals surface area contributed by atoms with Crippen LogP contribution in [0.2, 0.25) is 0 Å². The minimum Gasteiger partial charge on any atom is -0.467 e. The number of hydrogen-bond donors (Lipinski definition) is 2. The fraction of sp³-hybridized carbons (Fsp3) is 0.400. The predicted molar refractivity (Wildman–Crippen MR) is 95.9 cm³/mol. The molecule has 1 aliphatic carbocycles. The van der Waals surface area contributed by atoms with Gasteiger partial charge in [-0.3, -0.25) is 4.79 Å². The van der Waals surface area contributed by atoms with Crippen LogP contribution in [0.3, 0.4) is 0 Å². The number of likely N-dealkylation sites (tertiary alicyclic amines) is 1. The quantitative estimate of drug-likeness (QED) is 0.849. The van der Waals surface area contributed by atoms with Gasteiger partial charge in [-0.05, 0) is 42.7 Å². The lowest BCUT2D eigenvalue weighted by Crippen LogP contribution is -2.38. The van der Waals surface area contributed by atoms with Crippen LogP contribution < -0.4 is 10.6 Å². The van der Waals surface area contributed by atoms with E-state index in [2.05, 4.69) is 10.6 Å². The van der Waals surface area contributed by atoms with Crippen molar-refractivity contribution < 1.29 is 18.4 Å². The summed E-state index contributed by atoms with van der Waals surface area (Å²) in [5.74, 6) is 0.382. The Morgan fingerprint density at radius 3 is 2.89 bits per heavy atom. The Labute approximate surface area is 156 Å². The molecule has 2 N–H and O–H groups in total. The van der Waals surface area contributed by atoms with Crippen LogP contribution in [0.1, 0.15) is 24.2 Å². The summed E-state index contributed by atoms with van der Waals surface area (Å²) in [6.07, 6.45) is 3.22. The highest BCUT2D eigenvalue weighted by Gasteiger charge is 2.61. The summed E-state index contributed by atoms with van der Waals surface area (Å²) in [5, 5.41) is 5.74. The van der Waals surface area contributed by atoms with Gasteiger partial charge in [0.15, 0.2) is 0 Å². The summed E-state index contributed by atoms with van der Waals surface area (Å²) in [5.41, 5.74) is 0.627. The molecule has 2 atom stereocenters. The molecule has 2 aromatic rings. The molecule has 3 amide bonds. The predicted octanol–water partition coefficient (Wildman–Crippen LogP) is 2.66. The van der Waals surface area contributed by atoms with Crippen LogP contribution in [-0.2, 0) is 17.9 Å². The molecule has 2 fully saturated rings. The molecule has 1 spiro atoms. The Morgan fingerprint density at radius 2 is 2.11 bits per heavy atom. The second kappa shape index (κ2) is 7.06. The highest BCUT2D eigenvalue weighted by Crippen LogP contribution is 2.58. The largest absolute Gasteiger partial charge is 0.467 e. The molecule has 1 aromatic carbocycles. The monoisotopic (exact) mass is 371 g/mol. The number of carbonyl (C=O) groups excluding carboxylic acids is 2. The number of nitrogens with one attached hydrogen (secondary N) is 2. The second-order valence-corrected chi connectivity index (χ2v) is 7.38. The van der Waals surface area contributed by atoms with E-state index in [9.17, 15) is 14.0 Å². The lowest BCUT2D eigenvalue weighted by molar-refractivity contribution is -0.123. The smallest absolute Gasteiger partial charge is 0.317 e. The van der Waals surface area contributed by atoms with E-state index in [0.717, 1.165) is 24.2 Å². The van der Waals surface area contributed by atoms with Gasteiger partial charge in [-0.2, -0.15) is 0 Å². The topological polar surface area (TPSA) is 74.6 Å². The van der Waals surface area contributed by atoms with Crippen LogP contribution in [0, 0.1) is 17.2 Å². The van der Waals surface area contributed by atoms with Gasteiger partial charge in [0, 0.05) is 31.0 Å². The number of hydrogen-bond acceptors (Lipinski definition) is 3. The first-order valence-electron chi connectivity index (χ1n) is 9.13. The first-order chi connectivity index (χ1) is 13.1. The zero-order chi connectivity index (χ0) is 18.9. The Bertz CT molecular complexity index is 839. The zero-order valence-electron chi connectivity index (χ0n) is 14.9. The fourth-order valence-electron chi connectivity index (χ4n) is 3.89. The maximum absolute atomic E-state index is 13.2. The summed E-state index contributed by atoms with van der Waals surface area (Å²) in [7, 11) is 0. The maximum atomic E-state index is 13.2. The van der Waals surface area contributed by atoms with Gasteiger partial charge in [0.1, 0.15) is 11.6 Å². The highest BCUT2D eigenvalue weighted by atomic mass is 19.1. The third-order valence-corrected chi connectivity index (χ3v) is 5.53. The molecular weight excluding hydrogens is 349 g/mol. The van der Waals surface area contributed by atoms with E-state index in [1.54, 1.807) is 29.4 Å². The third kappa shape index (κ3) is 3.82. The van der Waals surface area contributed by atoms with Crippen molar-refractivity contribution in [2.75, 3.05) is 13.1 Å². The van der Waals surface area contributed by atoms with Gasteiger partial charge < -0.3 is 20.0 Å². The normalized spacial score (nSPS) is 23.4. The molecule has 2 aliphatic rings. The van der Waals surface area contributed by atoms with Crippen molar-refractivity contribution in [1.29, 1.82) is 0 Å². The second-order valence-electron chi connectivity index (χ2n) is 7.38. The van der Waals surface area contributed by atoms with Gasteiger partial charge in [0.2, 0.25) is 5.91 Å². The van der Waals surface area contributed by atoms with E-state index in [4.69, 9.17) is 4.42 Å². The minimum atomic E-state index is -0.316. The van der Waals surface area contributed by atoms with Crippen LogP contribution in [0.15, 0.2) is 47.1 Å². The molecule has 4 rings (SSSR count). The number of amides is 3. The zero-order valence-corrected chi connectivity index (χ0v) is 14.9. The molecule has 142 valence electrons. The van der Waals surface area contributed by atoms with E-state index < -0.39 is 0 Å². The first-order valence-corrected chi connectivity index (χ1v) is 9.13. The van der Waals surface area contributed by atoms with E-state index in [1.807, 2.05) is 6.07 Å². The average Bonchev–Trinajstić information content (AvgIpc) is 3.01. The fourth-order valence-corrected chi connectivity index (χ4v) is 3.89. The van der Waals surface area contributed by atoms with Crippen molar-refractivity contribution >= 4 is 11.9 Å². The summed E-state index contributed by atoms with van der Waals surface area (Å²) in [6, 6.07) is 9.62. The summed E-state index contributed by atoms with van der Waals surface area (Å²) < 4.78 is 18.4. The van der Waals surface area contributed by atoms with E-state index in [-0.39, 0.29) is 35.6 Å². The summed E-state index contributed by atoms with van der Waals surface area (Å²) >= 11 is 0. The van der Waals surface area contributed by atoms with Crippen molar-refractivity contribution in [2.24, 2.45) is 11.3 Å². The molecule has 2 heterocycles. The van der Waals surface area contributed by atoms with Crippen LogP contribution in [0.25, 0.3) is 0 Å². The van der Waals surface area contributed by atoms with Crippen molar-refractivity contribution in [3.63, 3.8) is 0 Å². The number of furan rings is 1. The number of benzene rings is 1. The number of nitrogens with zero attached hydrogens (tertiary/aromatic N) is 1. The van der Waals surface area contributed by atoms with Gasteiger partial charge in [-0.15, -0.1) is 0 Å². The van der Waals surface area contributed by atoms with Gasteiger partial charge in [0.05, 0.1) is 12.8 Å². The van der Waals surface area contributed by atoms with Crippen molar-refractivity contribution in [3.05, 3.63) is 59.8 Å². The number of halogens is 1. The minimum absolute atomic E-state index is 0.0217. The molecule has 1 saturated carbocycles. The molecule has 1 saturated heterocycles. The SMILES string of the molecule is O=C(NCc1ccco1)[C@H]1C[C@@]12CCN(C(=O)NCc1cccc(F)c1)C2. The van der Waals surface area contributed by atoms with Gasteiger partial charge in [0.25, 0.3) is 0 Å². The highest BCUT2D eigenvalue weighted by molar-refractivity contribution is 5.83. The van der Waals surface area contributed by atoms with E-state index in [1.165, 1.54) is 12.1 Å². The Morgan fingerprint density at radius 1 is 1.22 bits per heavy atom. The molecule has 1 aromatic heterocycles. The lowest BCUT2D eigenvalue weighted by Gasteiger charge is -2.17. The molecule has 0 radical (unpaired) electrons. The molecule has 27 heavy (non-hydrogen) atoms. The maximum Gasteiger partial charge on any atom is 0.317 e. The third-order valence-electron chi connectivity index (χ3n) is 5.53. The van der Waals surface area contributed by atoms with Gasteiger partial charge in [-0.25, -0.2) is 9.18 Å². The molecule has 6 nitrogen and oxygen atoms in total. The van der Waals surface area contributed by atoms with Crippen LogP contribution in [0.5, 0.6) is 0 Å². The van der Waals surface area contributed by atoms with E-state index in [0.29, 0.717) is 19.6 Å². The molecular formula is C20H22FN3O3. The van der Waals surface area contributed by atoms with Crippen LogP contribution in [-0.4, -0.2) is 29.9 Å². The lowest BCUT2D eigenvalue weighted by atomic mass is 10.0. The summed E-state index contributed by atoms with van der Waals surface area (Å²) in [4.78, 5) is 26.5. The first kappa shape index (κ1) is 17.6. The van der Waals surface area contributed by atoms with Crippen LogP contribution >= 0.6 is 0 Å². The Balaban J connectivity index is 1.25. The average molecular weight is 371 g/mol. The van der Waals surface area contributed by atoms with E-state index >= 15 is 0 Å². The van der Waals surface area contributed by atoms with Gasteiger partial charge >= 0.3 is 6.03 Å². The Hall–Kier alpha value is -2.83. The van der Waals surface area contributed by atoms with Crippen molar-refractivity contribution in [1.82, 2.24) is 15.5 Å². The van der Waals surface area contributed by atoms with Crippen molar-refractivity contribution in [2.45, 2.75) is 25.9 Å². The van der Waals surface area contributed by atoms with Crippen LogP contribution in [0.4, 0.5) is 9.18 Å². The number of rotatable bonds is 5. The molecule has 7 heteroatoms. The van der Waals surface area contributed by atoms with Gasteiger partial charge in [-0.1, -0.05) is 12.1 Å². The molecule has 1 aliphatic heterocycles. The number of urea groups is 1. The van der Waals surface area contributed by atoms with Crippen molar-refractivity contribution in [3.8, 4) is 0 Å². The molecule has 0 unspecified atom stereocenters. The Kier molecular flexibility index (Phi) is 4.59. The standard InChI is InChI=1S/C20H22FN3O3/c21-15-4-1-3-14(9-15)11-23-19(26)24-7-6-20(13-24)10-17(20)18(25)22-12-16-5-2-8-27-16/h1-5,8-9,17H,6-7,10-13H2,(H,22,25)(H,23,26)/t17-,20-/m1/s1. The molecule has 0 bridgehead atoms. The summed E-state index contributed by atoms with van der Waals surface area (Å²) in [6.45, 7) is 1.89.